The molecule has 0 heterocycles. The molecule has 0 unspecified atom stereocenters. The molecule has 0 fully saturated rings. The highest BCUT2D eigenvalue weighted by molar-refractivity contribution is 6.14. The lowest BCUT2D eigenvalue weighted by Gasteiger charge is -2.17. The number of aryl methyl sites for hydroxylation is 2. The Labute approximate surface area is 351 Å². The number of rotatable bonds is 8. The maximum Gasteiger partial charge on any atom is 0.157 e. The molecule has 0 radical (unpaired) electrons. The summed E-state index contributed by atoms with van der Waals surface area (Å²) in [5.74, 6) is 0.899. The second kappa shape index (κ2) is 16.5. The maximum atomic E-state index is 10.6. The predicted octanol–water partition coefficient (Wildman–Crippen LogP) is 13.5. The van der Waals surface area contributed by atoms with Crippen LogP contribution in [0.5, 0.6) is 0 Å². The summed E-state index contributed by atoms with van der Waals surface area (Å²) in [5, 5.41) is 15.6. The van der Waals surface area contributed by atoms with Crippen LogP contribution in [0, 0.1) is 25.2 Å². The fraction of sp³-hybridized carbons (Fsp3) is 0.0536. The van der Waals surface area contributed by atoms with Crippen LogP contribution in [-0.4, -0.2) is 11.7 Å². The van der Waals surface area contributed by atoms with E-state index < -0.39 is 0 Å². The monoisotopic (exact) mass is 770 g/mol. The summed E-state index contributed by atoms with van der Waals surface area (Å²) in [7, 11) is 0. The van der Waals surface area contributed by atoms with E-state index in [4.69, 9.17) is 15.7 Å². The van der Waals surface area contributed by atoms with Crippen molar-refractivity contribution in [2.75, 3.05) is 0 Å². The van der Waals surface area contributed by atoms with Gasteiger partial charge in [-0.3, -0.25) is 4.99 Å². The summed E-state index contributed by atoms with van der Waals surface area (Å²) in [4.78, 5) is 10.1. The van der Waals surface area contributed by atoms with Gasteiger partial charge in [-0.1, -0.05) is 181 Å². The number of aliphatic imine (C=N–C) groups is 2. The minimum atomic E-state index is 0.380. The molecule has 4 nitrogen and oxygen atoms in total. The number of benzene rings is 9. The fourth-order valence-electron chi connectivity index (χ4n) is 7.96. The molecule has 60 heavy (non-hydrogen) atoms. The lowest BCUT2D eigenvalue weighted by Crippen LogP contribution is -2.17. The molecule has 0 amide bonds. The van der Waals surface area contributed by atoms with Gasteiger partial charge in [0.15, 0.2) is 5.84 Å². The van der Waals surface area contributed by atoms with Gasteiger partial charge in [-0.25, -0.2) is 4.99 Å². The average molecular weight is 771 g/mol. The van der Waals surface area contributed by atoms with Crippen molar-refractivity contribution in [3.8, 4) is 50.6 Å². The molecule has 0 bridgehead atoms. The smallest absolute Gasteiger partial charge is 0.157 e. The molecule has 0 aliphatic heterocycles. The van der Waals surface area contributed by atoms with E-state index in [-0.39, 0.29) is 0 Å². The molecule has 0 aliphatic rings. The van der Waals surface area contributed by atoms with Crippen LogP contribution in [0.3, 0.4) is 0 Å². The third kappa shape index (κ3) is 7.73. The Morgan fingerprint density at radius 3 is 1.85 bits per heavy atom. The van der Waals surface area contributed by atoms with Gasteiger partial charge < -0.3 is 5.73 Å². The van der Waals surface area contributed by atoms with Gasteiger partial charge in [0.1, 0.15) is 5.84 Å². The van der Waals surface area contributed by atoms with Crippen molar-refractivity contribution < 1.29 is 0 Å². The molecule has 4 heteroatoms. The van der Waals surface area contributed by atoms with E-state index in [0.29, 0.717) is 23.8 Å². The quantitative estimate of drug-likeness (QED) is 0.0949. The van der Waals surface area contributed by atoms with Gasteiger partial charge in [-0.15, -0.1) is 0 Å². The van der Waals surface area contributed by atoms with Crippen molar-refractivity contribution in [2.45, 2.75) is 20.4 Å². The molecule has 9 aromatic rings. The predicted molar refractivity (Wildman–Crippen MR) is 251 cm³/mol. The van der Waals surface area contributed by atoms with Gasteiger partial charge in [0.05, 0.1) is 18.2 Å². The van der Waals surface area contributed by atoms with Crippen molar-refractivity contribution in [3.63, 3.8) is 0 Å². The second-order valence-corrected chi connectivity index (χ2v) is 15.3. The summed E-state index contributed by atoms with van der Waals surface area (Å²) in [6.45, 7) is 4.56. The van der Waals surface area contributed by atoms with Crippen LogP contribution in [0.15, 0.2) is 204 Å². The fourth-order valence-corrected chi connectivity index (χ4v) is 7.96. The molecule has 0 aromatic heterocycles. The Morgan fingerprint density at radius 1 is 0.517 bits per heavy atom. The van der Waals surface area contributed by atoms with Crippen LogP contribution in [0.25, 0.3) is 66.1 Å². The van der Waals surface area contributed by atoms with Gasteiger partial charge >= 0.3 is 0 Å². The number of fused-ring (bicyclic) bond motifs is 3. The summed E-state index contributed by atoms with van der Waals surface area (Å²) in [6.07, 6.45) is 0. The SMILES string of the molecule is Cc1ccc(CN=C(N=C(N)c2ccc(C)cc2)c2ccccc2-c2cccc(C#N)c2-c2cccc(-c3cccc(-c4ccc5c(ccc6ccccc65)c4)c3)c2)cc1. The van der Waals surface area contributed by atoms with E-state index >= 15 is 0 Å². The Hall–Kier alpha value is -7.87. The van der Waals surface area contributed by atoms with Crippen LogP contribution < -0.4 is 5.73 Å². The van der Waals surface area contributed by atoms with Crippen LogP contribution in [-0.2, 0) is 6.54 Å². The van der Waals surface area contributed by atoms with Gasteiger partial charge in [-0.05, 0) is 104 Å². The lowest BCUT2D eigenvalue weighted by molar-refractivity contribution is 1.06. The Balaban J connectivity index is 1.12. The van der Waals surface area contributed by atoms with Crippen LogP contribution >= 0.6 is 0 Å². The first kappa shape index (κ1) is 37.7. The number of nitrogens with zero attached hydrogens (tertiary/aromatic N) is 3. The molecule has 9 aromatic carbocycles. The largest absolute Gasteiger partial charge is 0.383 e. The number of nitriles is 1. The average Bonchev–Trinajstić information content (AvgIpc) is 3.30. The molecular weight excluding hydrogens is 729 g/mol. The summed E-state index contributed by atoms with van der Waals surface area (Å²) in [6, 6.07) is 69.8. The first-order valence-electron chi connectivity index (χ1n) is 20.2. The highest BCUT2D eigenvalue weighted by Gasteiger charge is 2.19. The molecule has 9 rings (SSSR count). The van der Waals surface area contributed by atoms with Crippen molar-refractivity contribution >= 4 is 33.2 Å². The topological polar surface area (TPSA) is 74.5 Å². The van der Waals surface area contributed by atoms with Crippen molar-refractivity contribution in [1.82, 2.24) is 0 Å². The molecule has 286 valence electrons. The van der Waals surface area contributed by atoms with E-state index in [1.807, 2.05) is 54.6 Å². The molecule has 0 aliphatic carbocycles. The van der Waals surface area contributed by atoms with E-state index in [9.17, 15) is 5.26 Å². The summed E-state index contributed by atoms with van der Waals surface area (Å²) in [5.41, 5.74) is 20.4. The zero-order valence-electron chi connectivity index (χ0n) is 33.6. The standard InChI is InChI=1S/C56H42N4/c1-37-20-24-39(25-21-37)36-59-56(60-55(58)41-26-22-38(2)23-27-41)53-18-6-5-17-51(53)52-19-9-15-48(35-57)54(52)47-14-8-13-44(34-47)42-11-7-12-43(32-42)45-30-31-50-46(33-45)29-28-40-10-3-4-16-49(40)50/h3-34H,36H2,1-2H3,(H2,58,59,60). The zero-order chi connectivity index (χ0) is 41.0. The second-order valence-electron chi connectivity index (χ2n) is 15.3. The highest BCUT2D eigenvalue weighted by atomic mass is 15.0. The maximum absolute atomic E-state index is 10.6. The van der Waals surface area contributed by atoms with Gasteiger partial charge in [0, 0.05) is 16.7 Å². The van der Waals surface area contributed by atoms with Crippen molar-refractivity contribution in [3.05, 3.63) is 228 Å². The van der Waals surface area contributed by atoms with Crippen molar-refractivity contribution in [1.29, 1.82) is 5.26 Å². The molecule has 0 spiro atoms. The minimum Gasteiger partial charge on any atom is -0.383 e. The van der Waals surface area contributed by atoms with Gasteiger partial charge in [-0.2, -0.15) is 5.26 Å². The first-order chi connectivity index (χ1) is 29.4. The highest BCUT2D eigenvalue weighted by Crippen LogP contribution is 2.39. The summed E-state index contributed by atoms with van der Waals surface area (Å²) >= 11 is 0. The molecular formula is C56H42N4. The van der Waals surface area contributed by atoms with Crippen LogP contribution in [0.1, 0.15) is 33.4 Å². The third-order valence-electron chi connectivity index (χ3n) is 11.2. The molecule has 2 N–H and O–H groups in total. The number of hydrogen-bond acceptors (Lipinski definition) is 2. The first-order valence-corrected chi connectivity index (χ1v) is 20.2. The lowest BCUT2D eigenvalue weighted by atomic mass is 9.87. The Morgan fingerprint density at radius 2 is 1.10 bits per heavy atom. The van der Waals surface area contributed by atoms with Crippen LogP contribution in [0.4, 0.5) is 0 Å². The molecule has 0 saturated heterocycles. The third-order valence-corrected chi connectivity index (χ3v) is 11.2. The number of nitrogens with two attached hydrogens (primary N) is 1. The Bertz CT molecular complexity index is 3150. The van der Waals surface area contributed by atoms with E-state index in [0.717, 1.165) is 66.8 Å². The van der Waals surface area contributed by atoms with Gasteiger partial charge in [0.25, 0.3) is 0 Å². The molecule has 0 saturated carbocycles. The Kier molecular flexibility index (Phi) is 10.4. The minimum absolute atomic E-state index is 0.380. The van der Waals surface area contributed by atoms with Gasteiger partial charge in [0.2, 0.25) is 0 Å². The van der Waals surface area contributed by atoms with Crippen LogP contribution in [0.2, 0.25) is 0 Å². The number of hydrogen-bond donors (Lipinski definition) is 1. The number of amidine groups is 2. The normalized spacial score (nSPS) is 11.8. The van der Waals surface area contributed by atoms with Crippen molar-refractivity contribution in [2.24, 2.45) is 15.7 Å². The zero-order valence-corrected chi connectivity index (χ0v) is 33.6. The van der Waals surface area contributed by atoms with E-state index in [1.54, 1.807) is 0 Å². The van der Waals surface area contributed by atoms with E-state index in [1.165, 1.54) is 27.1 Å². The molecule has 0 atom stereocenters. The van der Waals surface area contributed by atoms with E-state index in [2.05, 4.69) is 159 Å². The summed E-state index contributed by atoms with van der Waals surface area (Å²) < 4.78 is 0.